The predicted octanol–water partition coefficient (Wildman–Crippen LogP) is 3.72. The van der Waals surface area contributed by atoms with Gasteiger partial charge >= 0.3 is 5.97 Å². The molecule has 2 aliphatic heterocycles. The SMILES string of the molecule is CC(=O)O[C@@H]1CC(=O)[C@@]2(C)[C@H](CC[C@@]3(C)OC4=C(C[C@@H]23)C(=O)C[C@H](C)O4)C1(C)C. The van der Waals surface area contributed by atoms with Crippen LogP contribution in [-0.2, 0) is 28.6 Å². The zero-order valence-corrected chi connectivity index (χ0v) is 18.3. The maximum atomic E-state index is 13.5. The fourth-order valence-electron chi connectivity index (χ4n) is 6.63. The van der Waals surface area contributed by atoms with Crippen molar-refractivity contribution in [1.29, 1.82) is 0 Å². The van der Waals surface area contributed by atoms with Crippen molar-refractivity contribution in [1.82, 2.24) is 0 Å². The number of carbonyl (C=O) groups excluding carboxylic acids is 3. The average molecular weight is 405 g/mol. The molecule has 2 aliphatic carbocycles. The first-order chi connectivity index (χ1) is 13.4. The van der Waals surface area contributed by atoms with Crippen molar-refractivity contribution in [2.24, 2.45) is 22.7 Å². The first-order valence-corrected chi connectivity index (χ1v) is 10.7. The summed E-state index contributed by atoms with van der Waals surface area (Å²) in [5.74, 6) is 0.118. The highest BCUT2D eigenvalue weighted by molar-refractivity contribution is 5.97. The van der Waals surface area contributed by atoms with E-state index in [0.29, 0.717) is 24.4 Å². The monoisotopic (exact) mass is 404 g/mol. The molecule has 0 spiro atoms. The third kappa shape index (κ3) is 2.85. The molecule has 2 heterocycles. The van der Waals surface area contributed by atoms with Crippen LogP contribution in [0.1, 0.15) is 73.6 Å². The lowest BCUT2D eigenvalue weighted by atomic mass is 9.43. The molecule has 0 aromatic heterocycles. The van der Waals surface area contributed by atoms with Gasteiger partial charge in [-0.2, -0.15) is 0 Å². The highest BCUT2D eigenvalue weighted by Gasteiger charge is 2.67. The Morgan fingerprint density at radius 1 is 1.07 bits per heavy atom. The quantitative estimate of drug-likeness (QED) is 0.620. The molecule has 0 saturated heterocycles. The minimum absolute atomic E-state index is 0.0444. The summed E-state index contributed by atoms with van der Waals surface area (Å²) in [6.45, 7) is 11.6. The standard InChI is InChI=1S/C23H32O6/c1-12-9-15(25)14-10-17-22(5,29-20(14)27-12)8-7-16-21(3,4)19(28-13(2)24)11-18(26)23(16,17)6/h12,16-17,19H,7-11H2,1-6H3/t12-,16+,17+,19+,22+,23-/m0/s1. The minimum atomic E-state index is -0.644. The van der Waals surface area contributed by atoms with Gasteiger partial charge in [0.1, 0.15) is 23.6 Å². The van der Waals surface area contributed by atoms with Crippen LogP contribution in [0.5, 0.6) is 0 Å². The summed E-state index contributed by atoms with van der Waals surface area (Å²) in [6, 6.07) is 0. The first-order valence-electron chi connectivity index (χ1n) is 10.7. The molecule has 0 aromatic carbocycles. The van der Waals surface area contributed by atoms with Gasteiger partial charge in [-0.1, -0.05) is 20.8 Å². The van der Waals surface area contributed by atoms with Crippen molar-refractivity contribution < 1.29 is 28.6 Å². The van der Waals surface area contributed by atoms with Gasteiger partial charge in [-0.05, 0) is 39.0 Å². The molecule has 2 fully saturated rings. The van der Waals surface area contributed by atoms with Crippen LogP contribution in [0.3, 0.4) is 0 Å². The van der Waals surface area contributed by atoms with Gasteiger partial charge in [0.25, 0.3) is 5.95 Å². The molecule has 0 amide bonds. The summed E-state index contributed by atoms with van der Waals surface area (Å²) in [5.41, 5.74) is -0.942. The number of ketones is 2. The lowest BCUT2D eigenvalue weighted by Crippen LogP contribution is -2.66. The smallest absolute Gasteiger partial charge is 0.302 e. The van der Waals surface area contributed by atoms with Crippen LogP contribution in [0.2, 0.25) is 0 Å². The molecule has 6 nitrogen and oxygen atoms in total. The van der Waals surface area contributed by atoms with E-state index in [1.165, 1.54) is 6.92 Å². The van der Waals surface area contributed by atoms with Crippen molar-refractivity contribution in [2.75, 3.05) is 0 Å². The number of fused-ring (bicyclic) bond motifs is 3. The van der Waals surface area contributed by atoms with Crippen molar-refractivity contribution in [3.05, 3.63) is 11.5 Å². The highest BCUT2D eigenvalue weighted by atomic mass is 16.7. The second-order valence-corrected chi connectivity index (χ2v) is 10.4. The number of allylic oxidation sites excluding steroid dienone is 1. The minimum Gasteiger partial charge on any atom is -0.462 e. The molecule has 0 aromatic rings. The Morgan fingerprint density at radius 2 is 1.76 bits per heavy atom. The number of esters is 1. The number of rotatable bonds is 1. The van der Waals surface area contributed by atoms with Gasteiger partial charge in [-0.15, -0.1) is 0 Å². The van der Waals surface area contributed by atoms with Crippen molar-refractivity contribution in [3.63, 3.8) is 0 Å². The molecular formula is C23H32O6. The lowest BCUT2D eigenvalue weighted by molar-refractivity contribution is -0.224. The number of hydrogen-bond acceptors (Lipinski definition) is 6. The molecule has 6 heteroatoms. The molecule has 4 rings (SSSR count). The second-order valence-electron chi connectivity index (χ2n) is 10.4. The molecular weight excluding hydrogens is 372 g/mol. The highest BCUT2D eigenvalue weighted by Crippen LogP contribution is 2.64. The number of ether oxygens (including phenoxy) is 3. The van der Waals surface area contributed by atoms with E-state index >= 15 is 0 Å². The Hall–Kier alpha value is -1.85. The van der Waals surface area contributed by atoms with Gasteiger partial charge in [-0.25, -0.2) is 0 Å². The van der Waals surface area contributed by atoms with Crippen molar-refractivity contribution >= 4 is 17.5 Å². The number of carbonyl (C=O) groups is 3. The van der Waals surface area contributed by atoms with E-state index in [0.717, 1.165) is 12.8 Å². The van der Waals surface area contributed by atoms with Crippen LogP contribution in [0.25, 0.3) is 0 Å². The Kier molecular flexibility index (Phi) is 4.45. The van der Waals surface area contributed by atoms with E-state index in [1.54, 1.807) is 0 Å². The van der Waals surface area contributed by atoms with Crippen LogP contribution in [0, 0.1) is 22.7 Å². The summed E-state index contributed by atoms with van der Waals surface area (Å²) >= 11 is 0. The Labute approximate surface area is 172 Å². The molecule has 2 saturated carbocycles. The zero-order chi connectivity index (χ0) is 21.4. The maximum absolute atomic E-state index is 13.5. The molecule has 29 heavy (non-hydrogen) atoms. The Morgan fingerprint density at radius 3 is 2.41 bits per heavy atom. The summed E-state index contributed by atoms with van der Waals surface area (Å²) in [7, 11) is 0. The topological polar surface area (TPSA) is 78.9 Å². The molecule has 0 bridgehead atoms. The van der Waals surface area contributed by atoms with E-state index in [4.69, 9.17) is 14.2 Å². The van der Waals surface area contributed by atoms with E-state index < -0.39 is 17.1 Å². The van der Waals surface area contributed by atoms with Gasteiger partial charge in [-0.3, -0.25) is 14.4 Å². The van der Waals surface area contributed by atoms with E-state index in [2.05, 4.69) is 20.8 Å². The van der Waals surface area contributed by atoms with Crippen molar-refractivity contribution in [2.45, 2.75) is 91.5 Å². The largest absolute Gasteiger partial charge is 0.462 e. The van der Waals surface area contributed by atoms with Gasteiger partial charge in [0.2, 0.25) is 0 Å². The fraction of sp³-hybridized carbons (Fsp3) is 0.783. The van der Waals surface area contributed by atoms with Crippen LogP contribution < -0.4 is 0 Å². The van der Waals surface area contributed by atoms with Crippen LogP contribution >= 0.6 is 0 Å². The summed E-state index contributed by atoms with van der Waals surface area (Å²) in [4.78, 5) is 37.9. The van der Waals surface area contributed by atoms with Gasteiger partial charge in [0.05, 0.1) is 5.57 Å². The molecule has 160 valence electrons. The van der Waals surface area contributed by atoms with Gasteiger partial charge < -0.3 is 14.2 Å². The Balaban J connectivity index is 1.74. The zero-order valence-electron chi connectivity index (χ0n) is 18.3. The van der Waals surface area contributed by atoms with E-state index in [9.17, 15) is 14.4 Å². The van der Waals surface area contributed by atoms with Gasteiger partial charge in [0.15, 0.2) is 5.78 Å². The third-order valence-corrected chi connectivity index (χ3v) is 8.22. The van der Waals surface area contributed by atoms with E-state index in [1.807, 2.05) is 13.8 Å². The normalized spacial score (nSPS) is 43.4. The van der Waals surface area contributed by atoms with E-state index in [-0.39, 0.29) is 47.3 Å². The third-order valence-electron chi connectivity index (χ3n) is 8.22. The summed E-state index contributed by atoms with van der Waals surface area (Å²) in [5, 5.41) is 0. The maximum Gasteiger partial charge on any atom is 0.302 e. The molecule has 6 atom stereocenters. The molecule has 0 N–H and O–H groups in total. The Bertz CT molecular complexity index is 810. The lowest BCUT2D eigenvalue weighted by Gasteiger charge is -2.63. The number of hydrogen-bond donors (Lipinski definition) is 0. The number of Topliss-reactive ketones (excluding diaryl/α,β-unsaturated/α-hetero) is 2. The predicted molar refractivity (Wildman–Crippen MR) is 105 cm³/mol. The van der Waals surface area contributed by atoms with Crippen LogP contribution in [0.15, 0.2) is 11.5 Å². The average Bonchev–Trinajstić information content (AvgIpc) is 2.57. The molecule has 0 unspecified atom stereocenters. The molecule has 0 radical (unpaired) electrons. The van der Waals surface area contributed by atoms with Crippen LogP contribution in [0.4, 0.5) is 0 Å². The summed E-state index contributed by atoms with van der Waals surface area (Å²) in [6.07, 6.45) is 2.02. The second kappa shape index (κ2) is 6.32. The van der Waals surface area contributed by atoms with Crippen molar-refractivity contribution in [3.8, 4) is 0 Å². The summed E-state index contributed by atoms with van der Waals surface area (Å²) < 4.78 is 17.8. The first kappa shape index (κ1) is 20.4. The van der Waals surface area contributed by atoms with Crippen LogP contribution in [-0.4, -0.2) is 35.3 Å². The fourth-order valence-corrected chi connectivity index (χ4v) is 6.63. The van der Waals surface area contributed by atoms with Gasteiger partial charge in [0, 0.05) is 36.5 Å². The molecule has 4 aliphatic rings.